The fourth-order valence-electron chi connectivity index (χ4n) is 1.18. The predicted octanol–water partition coefficient (Wildman–Crippen LogP) is 1.28. The second-order valence-electron chi connectivity index (χ2n) is 3.05. The summed E-state index contributed by atoms with van der Waals surface area (Å²) < 4.78 is 1.54. The molecule has 0 unspecified atom stereocenters. The third-order valence-electron chi connectivity index (χ3n) is 1.97. The van der Waals surface area contributed by atoms with Gasteiger partial charge in [0.1, 0.15) is 0 Å². The molecule has 0 atom stereocenters. The molecule has 78 valence electrons. The van der Waals surface area contributed by atoms with Gasteiger partial charge in [0.25, 0.3) is 0 Å². The lowest BCUT2D eigenvalue weighted by atomic mass is 10.2. The Bertz CT molecular complexity index is 450. The maximum absolute atomic E-state index is 10.5. The summed E-state index contributed by atoms with van der Waals surface area (Å²) in [6, 6.07) is 2.04. The lowest BCUT2D eigenvalue weighted by molar-refractivity contribution is 0.0690. The van der Waals surface area contributed by atoms with Crippen molar-refractivity contribution >= 4 is 17.3 Å². The second-order valence-corrected chi connectivity index (χ2v) is 3.83. The van der Waals surface area contributed by atoms with E-state index in [1.807, 2.05) is 11.4 Å². The van der Waals surface area contributed by atoms with Crippen molar-refractivity contribution in [3.8, 4) is 0 Å². The van der Waals surface area contributed by atoms with Crippen molar-refractivity contribution in [1.82, 2.24) is 15.0 Å². The number of rotatable bonds is 4. The molecule has 0 aliphatic carbocycles. The van der Waals surface area contributed by atoms with E-state index in [1.165, 1.54) is 11.8 Å². The first-order valence-corrected chi connectivity index (χ1v) is 5.34. The molecular formula is C9H9N3O2S. The first-order chi connectivity index (χ1) is 7.25. The zero-order valence-corrected chi connectivity index (χ0v) is 8.65. The zero-order valence-electron chi connectivity index (χ0n) is 7.83. The van der Waals surface area contributed by atoms with Crippen molar-refractivity contribution in [2.24, 2.45) is 0 Å². The third kappa shape index (κ3) is 2.41. The van der Waals surface area contributed by atoms with E-state index in [-0.39, 0.29) is 5.69 Å². The Labute approximate surface area is 90.0 Å². The highest BCUT2D eigenvalue weighted by Gasteiger charge is 2.07. The summed E-state index contributed by atoms with van der Waals surface area (Å²) in [6.07, 6.45) is 2.28. The van der Waals surface area contributed by atoms with Crippen LogP contribution in [0, 0.1) is 0 Å². The van der Waals surface area contributed by atoms with E-state index in [0.717, 1.165) is 6.42 Å². The van der Waals surface area contributed by atoms with Crippen molar-refractivity contribution in [1.29, 1.82) is 0 Å². The summed E-state index contributed by atoms with van der Waals surface area (Å²) in [4.78, 5) is 10.5. The Kier molecular flexibility index (Phi) is 2.77. The summed E-state index contributed by atoms with van der Waals surface area (Å²) in [5.41, 5.74) is 1.22. The van der Waals surface area contributed by atoms with Crippen LogP contribution in [0.1, 0.15) is 16.1 Å². The Morgan fingerprint density at radius 2 is 2.47 bits per heavy atom. The van der Waals surface area contributed by atoms with E-state index in [1.54, 1.807) is 16.0 Å². The molecule has 15 heavy (non-hydrogen) atoms. The van der Waals surface area contributed by atoms with Crippen molar-refractivity contribution < 1.29 is 9.90 Å². The van der Waals surface area contributed by atoms with Crippen LogP contribution >= 0.6 is 11.3 Å². The summed E-state index contributed by atoms with van der Waals surface area (Å²) in [5, 5.41) is 20.0. The van der Waals surface area contributed by atoms with Gasteiger partial charge < -0.3 is 5.11 Å². The Morgan fingerprint density at radius 1 is 1.60 bits per heavy atom. The molecule has 0 spiro atoms. The summed E-state index contributed by atoms with van der Waals surface area (Å²) >= 11 is 1.65. The maximum atomic E-state index is 10.5. The third-order valence-corrected chi connectivity index (χ3v) is 2.70. The molecule has 6 heteroatoms. The van der Waals surface area contributed by atoms with Crippen LogP contribution < -0.4 is 0 Å². The monoisotopic (exact) mass is 223 g/mol. The van der Waals surface area contributed by atoms with E-state index in [0.29, 0.717) is 6.54 Å². The number of nitrogens with zero attached hydrogens (tertiary/aromatic N) is 3. The summed E-state index contributed by atoms with van der Waals surface area (Å²) in [5.74, 6) is -1.04. The van der Waals surface area contributed by atoms with Gasteiger partial charge in [-0.3, -0.25) is 4.68 Å². The number of aryl methyl sites for hydroxylation is 2. The van der Waals surface area contributed by atoms with Gasteiger partial charge in [-0.2, -0.15) is 11.3 Å². The van der Waals surface area contributed by atoms with Crippen LogP contribution in [0.2, 0.25) is 0 Å². The van der Waals surface area contributed by atoms with Gasteiger partial charge in [-0.05, 0) is 28.8 Å². The van der Waals surface area contributed by atoms with E-state index in [9.17, 15) is 4.79 Å². The summed E-state index contributed by atoms with van der Waals surface area (Å²) in [7, 11) is 0. The molecule has 0 aromatic carbocycles. The highest BCUT2D eigenvalue weighted by atomic mass is 32.1. The zero-order chi connectivity index (χ0) is 10.7. The molecule has 5 nitrogen and oxygen atoms in total. The number of carbonyl (C=O) groups is 1. The van der Waals surface area contributed by atoms with Gasteiger partial charge in [-0.15, -0.1) is 5.10 Å². The van der Waals surface area contributed by atoms with E-state index >= 15 is 0 Å². The molecule has 0 bridgehead atoms. The Morgan fingerprint density at radius 3 is 3.07 bits per heavy atom. The topological polar surface area (TPSA) is 68.0 Å². The fraction of sp³-hybridized carbons (Fsp3) is 0.222. The van der Waals surface area contributed by atoms with Crippen molar-refractivity contribution in [2.45, 2.75) is 13.0 Å². The minimum Gasteiger partial charge on any atom is -0.476 e. The van der Waals surface area contributed by atoms with Crippen LogP contribution in [0.25, 0.3) is 0 Å². The molecule has 2 aromatic heterocycles. The van der Waals surface area contributed by atoms with Gasteiger partial charge >= 0.3 is 5.97 Å². The van der Waals surface area contributed by atoms with Gasteiger partial charge in [0.05, 0.1) is 6.20 Å². The van der Waals surface area contributed by atoms with Gasteiger partial charge in [-0.25, -0.2) is 4.79 Å². The SMILES string of the molecule is O=C(O)c1cn(CCc2ccsc2)nn1. The van der Waals surface area contributed by atoms with Crippen LogP contribution in [0.4, 0.5) is 0 Å². The first kappa shape index (κ1) is 9.85. The highest BCUT2D eigenvalue weighted by Crippen LogP contribution is 2.07. The van der Waals surface area contributed by atoms with Gasteiger partial charge in [-0.1, -0.05) is 5.21 Å². The molecule has 0 fully saturated rings. The number of hydrogen-bond acceptors (Lipinski definition) is 4. The standard InChI is InChI=1S/C9H9N3O2S/c13-9(14)8-5-12(11-10-8)3-1-7-2-4-15-6-7/h2,4-6H,1,3H2,(H,13,14). The van der Waals surface area contributed by atoms with Crippen molar-refractivity contribution in [3.05, 3.63) is 34.3 Å². The van der Waals surface area contributed by atoms with Crippen LogP contribution in [-0.4, -0.2) is 26.1 Å². The summed E-state index contributed by atoms with van der Waals surface area (Å²) in [6.45, 7) is 0.650. The van der Waals surface area contributed by atoms with E-state index in [2.05, 4.69) is 15.7 Å². The molecule has 0 saturated carbocycles. The Balaban J connectivity index is 1.96. The second kappa shape index (κ2) is 4.22. The number of aromatic carboxylic acids is 1. The molecule has 0 amide bonds. The quantitative estimate of drug-likeness (QED) is 0.847. The number of thiophene rings is 1. The molecule has 0 aliphatic heterocycles. The fourth-order valence-corrected chi connectivity index (χ4v) is 1.89. The lowest BCUT2D eigenvalue weighted by Gasteiger charge is -1.96. The van der Waals surface area contributed by atoms with Crippen LogP contribution in [-0.2, 0) is 13.0 Å². The number of carboxylic acid groups (broad SMARTS) is 1. The number of hydrogen-bond donors (Lipinski definition) is 1. The van der Waals surface area contributed by atoms with E-state index < -0.39 is 5.97 Å². The lowest BCUT2D eigenvalue weighted by Crippen LogP contribution is -2.01. The largest absolute Gasteiger partial charge is 0.476 e. The first-order valence-electron chi connectivity index (χ1n) is 4.40. The minimum atomic E-state index is -1.04. The normalized spacial score (nSPS) is 10.4. The van der Waals surface area contributed by atoms with E-state index in [4.69, 9.17) is 5.11 Å². The van der Waals surface area contributed by atoms with Crippen molar-refractivity contribution in [2.75, 3.05) is 0 Å². The van der Waals surface area contributed by atoms with Crippen LogP contribution in [0.15, 0.2) is 23.0 Å². The molecule has 0 radical (unpaired) electrons. The predicted molar refractivity (Wildman–Crippen MR) is 55.0 cm³/mol. The van der Waals surface area contributed by atoms with Gasteiger partial charge in [0.2, 0.25) is 0 Å². The molecule has 2 aromatic rings. The number of aromatic nitrogens is 3. The molecule has 0 aliphatic rings. The van der Waals surface area contributed by atoms with Crippen LogP contribution in [0.5, 0.6) is 0 Å². The smallest absolute Gasteiger partial charge is 0.358 e. The number of carboxylic acids is 1. The minimum absolute atomic E-state index is 0.0136. The van der Waals surface area contributed by atoms with Crippen molar-refractivity contribution in [3.63, 3.8) is 0 Å². The van der Waals surface area contributed by atoms with Gasteiger partial charge in [0, 0.05) is 6.54 Å². The Hall–Kier alpha value is -1.69. The molecule has 2 heterocycles. The molecule has 0 saturated heterocycles. The maximum Gasteiger partial charge on any atom is 0.358 e. The molecule has 1 N–H and O–H groups in total. The molecule has 2 rings (SSSR count). The highest BCUT2D eigenvalue weighted by molar-refractivity contribution is 7.07. The average Bonchev–Trinajstić information content (AvgIpc) is 2.86. The van der Waals surface area contributed by atoms with Gasteiger partial charge in [0.15, 0.2) is 5.69 Å². The van der Waals surface area contributed by atoms with Crippen LogP contribution in [0.3, 0.4) is 0 Å². The molecular weight excluding hydrogens is 214 g/mol. The average molecular weight is 223 g/mol.